The predicted octanol–water partition coefficient (Wildman–Crippen LogP) is 5.19. The highest BCUT2D eigenvalue weighted by atomic mass is 32.2. The second kappa shape index (κ2) is 11.6. The number of hydrogen-bond donors (Lipinski definition) is 1. The van der Waals surface area contributed by atoms with Gasteiger partial charge in [0.2, 0.25) is 0 Å². The molecule has 0 spiro atoms. The molecule has 1 N–H and O–H groups in total. The Balaban J connectivity index is 3.31. The van der Waals surface area contributed by atoms with Gasteiger partial charge in [0.15, 0.2) is 0 Å². The Bertz CT molecular complexity index is 897. The number of benzene rings is 1. The lowest BCUT2D eigenvalue weighted by Crippen LogP contribution is -2.45. The Morgan fingerprint density at radius 1 is 1.16 bits per heavy atom. The standard InChI is InChI=1S/C24H31NO5S2/c1-6-30-21(29)24(5,32-19(31)18-10-8-7-9-11-18)15-23(4,20(27)28)14-22(3,16-25)13-12-17(2)26/h7-11H,6,12-15H2,1-5H3,(H,27,28). The number of rotatable bonds is 12. The maximum Gasteiger partial charge on any atom is 0.322 e. The third-order valence-electron chi connectivity index (χ3n) is 5.36. The van der Waals surface area contributed by atoms with Gasteiger partial charge >= 0.3 is 11.9 Å². The second-order valence-electron chi connectivity index (χ2n) is 8.80. The minimum absolute atomic E-state index is 0.0211. The number of carbonyl (C=O) groups is 3. The van der Waals surface area contributed by atoms with E-state index < -0.39 is 27.5 Å². The van der Waals surface area contributed by atoms with E-state index in [9.17, 15) is 24.8 Å². The highest BCUT2D eigenvalue weighted by Gasteiger charge is 2.50. The fraction of sp³-hybridized carbons (Fsp3) is 0.542. The number of carboxylic acids is 1. The van der Waals surface area contributed by atoms with E-state index in [0.29, 0.717) is 4.20 Å². The maximum atomic E-state index is 13.0. The van der Waals surface area contributed by atoms with E-state index in [4.69, 9.17) is 17.0 Å². The minimum Gasteiger partial charge on any atom is -0.481 e. The highest BCUT2D eigenvalue weighted by Crippen LogP contribution is 2.47. The van der Waals surface area contributed by atoms with Gasteiger partial charge in [0, 0.05) is 6.42 Å². The first-order chi connectivity index (χ1) is 14.8. The lowest BCUT2D eigenvalue weighted by atomic mass is 9.68. The molecule has 0 heterocycles. The van der Waals surface area contributed by atoms with Crippen molar-refractivity contribution >= 4 is 45.9 Å². The molecule has 174 valence electrons. The molecule has 3 atom stereocenters. The number of Topliss-reactive ketones (excluding diaryl/α,β-unsaturated/α-hetero) is 1. The first-order valence-electron chi connectivity index (χ1n) is 10.4. The summed E-state index contributed by atoms with van der Waals surface area (Å²) in [6.07, 6.45) is 0.311. The van der Waals surface area contributed by atoms with Gasteiger partial charge in [-0.15, -0.1) is 0 Å². The normalized spacial score (nSPS) is 16.5. The smallest absolute Gasteiger partial charge is 0.322 e. The average molecular weight is 478 g/mol. The number of hydrogen-bond acceptors (Lipinski definition) is 7. The summed E-state index contributed by atoms with van der Waals surface area (Å²) in [7, 11) is 0. The zero-order valence-electron chi connectivity index (χ0n) is 19.3. The molecular weight excluding hydrogens is 446 g/mol. The van der Waals surface area contributed by atoms with Crippen molar-refractivity contribution in [3.8, 4) is 6.07 Å². The molecule has 0 fully saturated rings. The van der Waals surface area contributed by atoms with E-state index >= 15 is 0 Å². The van der Waals surface area contributed by atoms with Gasteiger partial charge in [0.05, 0.1) is 27.7 Å². The molecule has 8 heteroatoms. The molecule has 0 aliphatic carbocycles. The number of ether oxygens (including phenoxy) is 1. The Labute approximate surface area is 199 Å². The number of carboxylic acid groups (broad SMARTS) is 1. The van der Waals surface area contributed by atoms with Gasteiger partial charge in [-0.05, 0) is 59.4 Å². The van der Waals surface area contributed by atoms with E-state index in [1.807, 2.05) is 30.3 Å². The predicted molar refractivity (Wildman–Crippen MR) is 129 cm³/mol. The van der Waals surface area contributed by atoms with Crippen LogP contribution in [0.2, 0.25) is 0 Å². The van der Waals surface area contributed by atoms with Gasteiger partial charge in [-0.2, -0.15) is 5.26 Å². The van der Waals surface area contributed by atoms with Crippen molar-refractivity contribution in [2.45, 2.75) is 65.0 Å². The van der Waals surface area contributed by atoms with Crippen LogP contribution in [0.5, 0.6) is 0 Å². The van der Waals surface area contributed by atoms with Crippen LogP contribution in [0.4, 0.5) is 0 Å². The monoisotopic (exact) mass is 477 g/mol. The summed E-state index contributed by atoms with van der Waals surface area (Å²) >= 11 is 6.65. The Morgan fingerprint density at radius 3 is 2.22 bits per heavy atom. The number of aliphatic carboxylic acids is 1. The molecule has 1 rings (SSSR count). The number of thioether (sulfide) groups is 1. The first-order valence-corrected chi connectivity index (χ1v) is 11.6. The van der Waals surface area contributed by atoms with Gasteiger partial charge in [-0.3, -0.25) is 9.59 Å². The van der Waals surface area contributed by atoms with Crippen molar-refractivity contribution in [1.82, 2.24) is 0 Å². The zero-order valence-corrected chi connectivity index (χ0v) is 20.9. The van der Waals surface area contributed by atoms with Gasteiger partial charge in [-0.1, -0.05) is 54.3 Å². The number of nitrogens with zero attached hydrogens (tertiary/aromatic N) is 1. The number of ketones is 1. The molecule has 1 aromatic rings. The third kappa shape index (κ3) is 7.72. The topological polar surface area (TPSA) is 104 Å². The van der Waals surface area contributed by atoms with Crippen LogP contribution in [0.1, 0.15) is 65.9 Å². The lowest BCUT2D eigenvalue weighted by molar-refractivity contribution is -0.153. The van der Waals surface area contributed by atoms with Gasteiger partial charge < -0.3 is 14.6 Å². The van der Waals surface area contributed by atoms with Crippen molar-refractivity contribution in [2.24, 2.45) is 10.8 Å². The fourth-order valence-corrected chi connectivity index (χ4v) is 5.61. The molecular formula is C24H31NO5S2. The SMILES string of the molecule is CCOC(=O)C(C)(CC(C)(CC(C)(C#N)CCC(C)=O)C(=O)O)SC(=S)c1ccccc1. The van der Waals surface area contributed by atoms with Crippen LogP contribution < -0.4 is 0 Å². The zero-order chi connectivity index (χ0) is 24.6. The van der Waals surface area contributed by atoms with Crippen molar-refractivity contribution in [1.29, 1.82) is 5.26 Å². The van der Waals surface area contributed by atoms with E-state index in [-0.39, 0.29) is 38.1 Å². The van der Waals surface area contributed by atoms with E-state index in [2.05, 4.69) is 6.07 Å². The molecule has 3 unspecified atom stereocenters. The molecule has 0 radical (unpaired) electrons. The summed E-state index contributed by atoms with van der Waals surface area (Å²) in [5.41, 5.74) is -1.72. The van der Waals surface area contributed by atoms with Gasteiger partial charge in [0.25, 0.3) is 0 Å². The van der Waals surface area contributed by atoms with Crippen LogP contribution >= 0.6 is 24.0 Å². The number of esters is 1. The molecule has 0 saturated heterocycles. The summed E-state index contributed by atoms with van der Waals surface area (Å²) < 4.78 is 4.45. The summed E-state index contributed by atoms with van der Waals surface area (Å²) in [4.78, 5) is 36.8. The maximum absolute atomic E-state index is 13.0. The molecule has 0 aromatic heterocycles. The first kappa shape index (κ1) is 27.8. The summed E-state index contributed by atoms with van der Waals surface area (Å²) in [6, 6.07) is 11.4. The second-order valence-corrected chi connectivity index (χ2v) is 11.0. The Morgan fingerprint density at radius 2 is 1.75 bits per heavy atom. The van der Waals surface area contributed by atoms with Crippen molar-refractivity contribution in [2.75, 3.05) is 6.61 Å². The number of thiocarbonyl (C=S) groups is 1. The van der Waals surface area contributed by atoms with Gasteiger partial charge in [-0.25, -0.2) is 0 Å². The summed E-state index contributed by atoms with van der Waals surface area (Å²) in [5.74, 6) is -1.75. The molecule has 0 amide bonds. The van der Waals surface area contributed by atoms with Crippen LogP contribution in [0.25, 0.3) is 0 Å². The van der Waals surface area contributed by atoms with Crippen LogP contribution in [-0.4, -0.2) is 38.4 Å². The third-order valence-corrected chi connectivity index (χ3v) is 7.03. The van der Waals surface area contributed by atoms with Crippen LogP contribution in [0.3, 0.4) is 0 Å². The molecule has 0 aliphatic rings. The van der Waals surface area contributed by atoms with E-state index in [0.717, 1.165) is 17.3 Å². The quantitative estimate of drug-likeness (QED) is 0.324. The lowest BCUT2D eigenvalue weighted by Gasteiger charge is -2.38. The number of nitriles is 1. The summed E-state index contributed by atoms with van der Waals surface area (Å²) in [6.45, 7) is 8.08. The van der Waals surface area contributed by atoms with Crippen molar-refractivity contribution in [3.05, 3.63) is 35.9 Å². The average Bonchev–Trinajstić information content (AvgIpc) is 2.72. The van der Waals surface area contributed by atoms with E-state index in [1.165, 1.54) is 13.8 Å². The van der Waals surface area contributed by atoms with Gasteiger partial charge in [0.1, 0.15) is 10.5 Å². The number of carbonyl (C=O) groups excluding carboxylic acids is 2. The van der Waals surface area contributed by atoms with Crippen LogP contribution in [0, 0.1) is 22.2 Å². The molecule has 1 aromatic carbocycles. The molecule has 32 heavy (non-hydrogen) atoms. The largest absolute Gasteiger partial charge is 0.481 e. The fourth-order valence-electron chi connectivity index (χ4n) is 3.73. The molecule has 6 nitrogen and oxygen atoms in total. The molecule has 0 bridgehead atoms. The van der Waals surface area contributed by atoms with Crippen LogP contribution in [0.15, 0.2) is 30.3 Å². The molecule has 0 aliphatic heterocycles. The van der Waals surface area contributed by atoms with Crippen molar-refractivity contribution in [3.63, 3.8) is 0 Å². The minimum atomic E-state index is -1.43. The molecule has 0 saturated carbocycles. The van der Waals surface area contributed by atoms with Crippen molar-refractivity contribution < 1.29 is 24.2 Å². The Hall–Kier alpha value is -2.24. The van der Waals surface area contributed by atoms with E-state index in [1.54, 1.807) is 20.8 Å². The highest BCUT2D eigenvalue weighted by molar-refractivity contribution is 8.25. The van der Waals surface area contributed by atoms with Crippen LogP contribution in [-0.2, 0) is 19.1 Å². The Kier molecular flexibility index (Phi) is 10.1. The summed E-state index contributed by atoms with van der Waals surface area (Å²) in [5, 5.41) is 19.9.